The molecule has 1 aromatic heterocycles. The highest BCUT2D eigenvalue weighted by atomic mass is 32.2. The highest BCUT2D eigenvalue weighted by Crippen LogP contribution is 2.18. The molecule has 0 aliphatic rings. The molecule has 4 nitrogen and oxygen atoms in total. The predicted octanol–water partition coefficient (Wildman–Crippen LogP) is 5.28. The van der Waals surface area contributed by atoms with E-state index in [0.717, 1.165) is 17.9 Å². The van der Waals surface area contributed by atoms with Crippen LogP contribution < -0.4 is 5.32 Å². The van der Waals surface area contributed by atoms with Gasteiger partial charge in [-0.25, -0.2) is 4.79 Å². The van der Waals surface area contributed by atoms with Crippen LogP contribution in [0.1, 0.15) is 11.3 Å². The van der Waals surface area contributed by atoms with Crippen LogP contribution in [0, 0.1) is 0 Å². The Kier molecular flexibility index (Phi) is 6.39. The third-order valence-electron chi connectivity index (χ3n) is 4.07. The van der Waals surface area contributed by atoms with Crippen molar-refractivity contribution in [3.8, 4) is 0 Å². The molecule has 0 aliphatic heterocycles. The number of carbonyl (C=O) groups is 1. The Morgan fingerprint density at radius 3 is 2.46 bits per heavy atom. The van der Waals surface area contributed by atoms with Crippen LogP contribution in [0.15, 0.2) is 82.3 Å². The summed E-state index contributed by atoms with van der Waals surface area (Å²) in [5.74, 6) is 0.769. The number of furan rings is 1. The Bertz CT molecular complexity index is 802. The van der Waals surface area contributed by atoms with Crippen LogP contribution >= 0.6 is 11.8 Å². The number of hydrogen-bond donors (Lipinski definition) is 1. The molecule has 0 spiro atoms. The predicted molar refractivity (Wildman–Crippen MR) is 107 cm³/mol. The summed E-state index contributed by atoms with van der Waals surface area (Å²) in [5, 5.41) is 2.98. The van der Waals surface area contributed by atoms with Crippen molar-refractivity contribution >= 4 is 23.5 Å². The first-order valence-corrected chi connectivity index (χ1v) is 9.73. The van der Waals surface area contributed by atoms with E-state index >= 15 is 0 Å². The van der Waals surface area contributed by atoms with Gasteiger partial charge in [0.15, 0.2) is 0 Å². The van der Waals surface area contributed by atoms with Gasteiger partial charge in [-0.3, -0.25) is 0 Å². The van der Waals surface area contributed by atoms with Gasteiger partial charge in [-0.15, -0.1) is 11.8 Å². The molecule has 0 fully saturated rings. The molecule has 3 rings (SSSR count). The molecule has 1 N–H and O–H groups in total. The van der Waals surface area contributed by atoms with Gasteiger partial charge in [0.1, 0.15) is 5.76 Å². The summed E-state index contributed by atoms with van der Waals surface area (Å²) < 4.78 is 5.42. The van der Waals surface area contributed by atoms with Crippen molar-refractivity contribution in [2.24, 2.45) is 0 Å². The summed E-state index contributed by atoms with van der Waals surface area (Å²) in [5.41, 5.74) is 1.99. The summed E-state index contributed by atoms with van der Waals surface area (Å²) in [6.07, 6.45) is 4.45. The minimum atomic E-state index is -0.130. The van der Waals surface area contributed by atoms with Crippen molar-refractivity contribution in [1.82, 2.24) is 4.90 Å². The Hall–Kier alpha value is -2.66. The first-order valence-electron chi connectivity index (χ1n) is 8.51. The number of amides is 2. The minimum absolute atomic E-state index is 0.130. The van der Waals surface area contributed by atoms with Crippen LogP contribution in [0.4, 0.5) is 10.5 Å². The van der Waals surface area contributed by atoms with Crippen molar-refractivity contribution in [2.45, 2.75) is 17.9 Å². The topological polar surface area (TPSA) is 45.5 Å². The molecule has 2 amide bonds. The molecule has 0 aliphatic carbocycles. The van der Waals surface area contributed by atoms with Crippen LogP contribution in [-0.2, 0) is 13.0 Å². The van der Waals surface area contributed by atoms with Gasteiger partial charge in [0.05, 0.1) is 12.8 Å². The summed E-state index contributed by atoms with van der Waals surface area (Å²) in [7, 11) is 0. The van der Waals surface area contributed by atoms with E-state index in [0.29, 0.717) is 13.1 Å². The monoisotopic (exact) mass is 366 g/mol. The van der Waals surface area contributed by atoms with Gasteiger partial charge in [-0.1, -0.05) is 30.3 Å². The van der Waals surface area contributed by atoms with E-state index in [4.69, 9.17) is 4.42 Å². The minimum Gasteiger partial charge on any atom is -0.467 e. The lowest BCUT2D eigenvalue weighted by Gasteiger charge is -2.22. The Morgan fingerprint density at radius 2 is 1.81 bits per heavy atom. The fraction of sp³-hybridized carbons (Fsp3) is 0.190. The molecule has 3 aromatic rings. The molecule has 134 valence electrons. The van der Waals surface area contributed by atoms with Crippen molar-refractivity contribution in [1.29, 1.82) is 0 Å². The van der Waals surface area contributed by atoms with Crippen LogP contribution in [-0.4, -0.2) is 23.7 Å². The fourth-order valence-corrected chi connectivity index (χ4v) is 3.04. The maximum atomic E-state index is 12.8. The zero-order valence-electron chi connectivity index (χ0n) is 14.7. The van der Waals surface area contributed by atoms with Crippen LogP contribution in [0.2, 0.25) is 0 Å². The maximum absolute atomic E-state index is 12.8. The smallest absolute Gasteiger partial charge is 0.322 e. The normalized spacial score (nSPS) is 10.5. The number of carbonyl (C=O) groups excluding carboxylic acids is 1. The summed E-state index contributed by atoms with van der Waals surface area (Å²) in [4.78, 5) is 15.7. The molecule has 0 saturated carbocycles. The Balaban J connectivity index is 1.67. The van der Waals surface area contributed by atoms with Gasteiger partial charge in [-0.2, -0.15) is 0 Å². The SMILES string of the molecule is CSc1ccc(NC(=O)N(CCc2ccccc2)Cc2ccco2)cc1. The molecule has 0 unspecified atom stereocenters. The molecule has 0 bridgehead atoms. The fourth-order valence-electron chi connectivity index (χ4n) is 2.63. The van der Waals surface area contributed by atoms with Gasteiger partial charge in [0, 0.05) is 17.1 Å². The summed E-state index contributed by atoms with van der Waals surface area (Å²) in [6, 6.07) is 21.6. The number of thioether (sulfide) groups is 1. The van der Waals surface area contributed by atoms with E-state index in [1.165, 1.54) is 10.5 Å². The van der Waals surface area contributed by atoms with Gasteiger partial charge in [0.2, 0.25) is 0 Å². The molecule has 0 atom stereocenters. The van der Waals surface area contributed by atoms with E-state index in [-0.39, 0.29) is 6.03 Å². The Labute approximate surface area is 158 Å². The quantitative estimate of drug-likeness (QED) is 0.579. The van der Waals surface area contributed by atoms with Crippen molar-refractivity contribution < 1.29 is 9.21 Å². The number of anilines is 1. The molecular formula is C21H22N2O2S. The number of rotatable bonds is 7. The van der Waals surface area contributed by atoms with Crippen molar-refractivity contribution in [3.05, 3.63) is 84.3 Å². The summed E-state index contributed by atoms with van der Waals surface area (Å²) >= 11 is 1.68. The van der Waals surface area contributed by atoms with E-state index in [9.17, 15) is 4.79 Å². The van der Waals surface area contributed by atoms with Gasteiger partial charge < -0.3 is 14.6 Å². The zero-order chi connectivity index (χ0) is 18.2. The molecule has 0 radical (unpaired) electrons. The lowest BCUT2D eigenvalue weighted by Crippen LogP contribution is -2.36. The van der Waals surface area contributed by atoms with Gasteiger partial charge >= 0.3 is 6.03 Å². The Morgan fingerprint density at radius 1 is 1.04 bits per heavy atom. The van der Waals surface area contributed by atoms with Crippen LogP contribution in [0.5, 0.6) is 0 Å². The molecule has 0 saturated heterocycles. The number of nitrogens with one attached hydrogen (secondary N) is 1. The maximum Gasteiger partial charge on any atom is 0.322 e. The number of urea groups is 1. The third-order valence-corrected chi connectivity index (χ3v) is 4.81. The first kappa shape index (κ1) is 18.1. The molecular weight excluding hydrogens is 344 g/mol. The largest absolute Gasteiger partial charge is 0.467 e. The van der Waals surface area contributed by atoms with Crippen molar-refractivity contribution in [2.75, 3.05) is 18.1 Å². The summed E-state index contributed by atoms with van der Waals surface area (Å²) in [6.45, 7) is 1.05. The molecule has 5 heteroatoms. The lowest BCUT2D eigenvalue weighted by molar-refractivity contribution is 0.205. The number of hydrogen-bond acceptors (Lipinski definition) is 3. The standard InChI is InChI=1S/C21H22N2O2S/c1-26-20-11-9-18(10-12-20)22-21(24)23(16-19-8-5-15-25-19)14-13-17-6-3-2-4-7-17/h2-12,15H,13-14,16H2,1H3,(H,22,24). The van der Waals surface area contributed by atoms with E-state index in [1.54, 1.807) is 22.9 Å². The lowest BCUT2D eigenvalue weighted by atomic mass is 10.1. The first-order chi connectivity index (χ1) is 12.7. The highest BCUT2D eigenvalue weighted by Gasteiger charge is 2.15. The van der Waals surface area contributed by atoms with Gasteiger partial charge in [-0.05, 0) is 54.6 Å². The molecule has 26 heavy (non-hydrogen) atoms. The van der Waals surface area contributed by atoms with E-state index in [2.05, 4.69) is 17.4 Å². The molecule has 1 heterocycles. The second kappa shape index (κ2) is 9.15. The van der Waals surface area contributed by atoms with Crippen LogP contribution in [0.25, 0.3) is 0 Å². The van der Waals surface area contributed by atoms with E-state index in [1.807, 2.05) is 60.9 Å². The third kappa shape index (κ3) is 5.17. The highest BCUT2D eigenvalue weighted by molar-refractivity contribution is 7.98. The second-order valence-electron chi connectivity index (χ2n) is 5.90. The molecule has 2 aromatic carbocycles. The average Bonchev–Trinajstić information content (AvgIpc) is 3.19. The number of benzene rings is 2. The average molecular weight is 366 g/mol. The van der Waals surface area contributed by atoms with E-state index < -0.39 is 0 Å². The second-order valence-corrected chi connectivity index (χ2v) is 6.77. The van der Waals surface area contributed by atoms with Gasteiger partial charge in [0.25, 0.3) is 0 Å². The zero-order valence-corrected chi connectivity index (χ0v) is 15.5. The number of nitrogens with zero attached hydrogens (tertiary/aromatic N) is 1. The van der Waals surface area contributed by atoms with Crippen LogP contribution in [0.3, 0.4) is 0 Å². The van der Waals surface area contributed by atoms with Crippen molar-refractivity contribution in [3.63, 3.8) is 0 Å².